The number of allylic oxidation sites excluding steroid dienone is 6. The molecule has 69 heavy (non-hydrogen) atoms. The molecule has 0 radical (unpaired) electrons. The summed E-state index contributed by atoms with van der Waals surface area (Å²) in [6, 6.07) is -0.709. The summed E-state index contributed by atoms with van der Waals surface area (Å²) in [4.78, 5) is 26.3. The van der Waals surface area contributed by atoms with Crippen LogP contribution in [-0.4, -0.2) is 46.9 Å². The average molecular weight is 971 g/mol. The monoisotopic (exact) mass is 970 g/mol. The number of unbranched alkanes of at least 4 members (excludes halogenated alkanes) is 39. The molecule has 0 aliphatic rings. The van der Waals surface area contributed by atoms with Crippen LogP contribution in [0, 0.1) is 0 Å². The highest BCUT2D eigenvalue weighted by molar-refractivity contribution is 5.77. The van der Waals surface area contributed by atoms with Crippen LogP contribution in [0.2, 0.25) is 0 Å². The molecule has 0 aliphatic carbocycles. The van der Waals surface area contributed by atoms with E-state index in [1.165, 1.54) is 212 Å². The first kappa shape index (κ1) is 67.1. The number of amides is 1. The first-order valence-corrected chi connectivity index (χ1v) is 30.7. The molecule has 6 nitrogen and oxygen atoms in total. The van der Waals surface area contributed by atoms with Gasteiger partial charge in [0.25, 0.3) is 0 Å². The second kappa shape index (κ2) is 57.0. The van der Waals surface area contributed by atoms with Gasteiger partial charge in [0.05, 0.1) is 25.2 Å². The highest BCUT2D eigenvalue weighted by Crippen LogP contribution is 2.18. The molecule has 0 spiro atoms. The maximum atomic E-state index is 13.3. The maximum Gasteiger partial charge on any atom is 0.306 e. The van der Waals surface area contributed by atoms with Gasteiger partial charge in [-0.25, -0.2) is 0 Å². The van der Waals surface area contributed by atoms with Crippen LogP contribution in [0.25, 0.3) is 0 Å². The average Bonchev–Trinajstić information content (AvgIpc) is 3.34. The number of rotatable bonds is 56. The van der Waals surface area contributed by atoms with Crippen molar-refractivity contribution in [2.45, 2.75) is 347 Å². The summed E-state index contributed by atoms with van der Waals surface area (Å²) < 4.78 is 5.96. The Balaban J connectivity index is 4.57. The zero-order valence-electron chi connectivity index (χ0n) is 46.5. The van der Waals surface area contributed by atoms with E-state index in [1.807, 2.05) is 0 Å². The first-order chi connectivity index (χ1) is 34.0. The van der Waals surface area contributed by atoms with Crippen LogP contribution in [0.5, 0.6) is 0 Å². The number of carbonyl (C=O) groups is 2. The van der Waals surface area contributed by atoms with Crippen LogP contribution >= 0.6 is 0 Å². The van der Waals surface area contributed by atoms with Crippen molar-refractivity contribution in [2.75, 3.05) is 6.61 Å². The summed E-state index contributed by atoms with van der Waals surface area (Å²) in [6.07, 6.45) is 69.3. The van der Waals surface area contributed by atoms with Crippen LogP contribution in [-0.2, 0) is 14.3 Å². The topological polar surface area (TPSA) is 95.9 Å². The van der Waals surface area contributed by atoms with Gasteiger partial charge in [-0.3, -0.25) is 9.59 Å². The Bertz CT molecular complexity index is 1130. The fourth-order valence-corrected chi connectivity index (χ4v) is 9.54. The third-order valence-corrected chi connectivity index (χ3v) is 14.2. The van der Waals surface area contributed by atoms with Gasteiger partial charge in [0, 0.05) is 6.42 Å². The third kappa shape index (κ3) is 52.2. The van der Waals surface area contributed by atoms with Gasteiger partial charge >= 0.3 is 5.97 Å². The van der Waals surface area contributed by atoms with E-state index in [1.54, 1.807) is 0 Å². The smallest absolute Gasteiger partial charge is 0.306 e. The molecule has 0 rings (SSSR count). The predicted molar refractivity (Wildman–Crippen MR) is 301 cm³/mol. The highest BCUT2D eigenvalue weighted by Gasteiger charge is 2.24. The molecule has 406 valence electrons. The van der Waals surface area contributed by atoms with Crippen molar-refractivity contribution in [2.24, 2.45) is 0 Å². The van der Waals surface area contributed by atoms with Crippen LogP contribution in [0.1, 0.15) is 329 Å². The molecule has 1 amide bonds. The standard InChI is InChI=1S/C63H119NO5/c1-4-7-10-13-16-19-22-25-28-31-32-35-38-41-44-47-50-53-56-63(68)69-59(54-51-48-45-42-39-36-33-29-26-23-20-17-14-11-8-5-2)57-62(67)64-60(58-65)61(66)55-52-49-46-43-40-37-34-30-27-24-21-18-15-12-9-6-3/h28,31-32,35-36,39,59-61,65-66H,4-27,29-30,33-34,37-38,40-58H2,1-3H3,(H,64,67)/b31-28+,35-32+,39-36+. The van der Waals surface area contributed by atoms with Gasteiger partial charge in [0.2, 0.25) is 5.91 Å². The number of esters is 1. The summed E-state index contributed by atoms with van der Waals surface area (Å²) in [5, 5.41) is 23.9. The van der Waals surface area contributed by atoms with Crippen molar-refractivity contribution in [3.05, 3.63) is 36.5 Å². The van der Waals surface area contributed by atoms with Crippen molar-refractivity contribution in [3.8, 4) is 0 Å². The number of hydrogen-bond donors (Lipinski definition) is 3. The zero-order valence-corrected chi connectivity index (χ0v) is 46.5. The largest absolute Gasteiger partial charge is 0.462 e. The number of aliphatic hydroxyl groups is 2. The van der Waals surface area contributed by atoms with E-state index >= 15 is 0 Å². The van der Waals surface area contributed by atoms with Gasteiger partial charge in [-0.2, -0.15) is 0 Å². The molecule has 0 bridgehead atoms. The van der Waals surface area contributed by atoms with Crippen LogP contribution < -0.4 is 5.32 Å². The molecule has 0 aromatic heterocycles. The Kier molecular flexibility index (Phi) is 55.4. The van der Waals surface area contributed by atoms with Crippen LogP contribution in [0.4, 0.5) is 0 Å². The van der Waals surface area contributed by atoms with Crippen molar-refractivity contribution in [1.29, 1.82) is 0 Å². The van der Waals surface area contributed by atoms with E-state index in [4.69, 9.17) is 4.74 Å². The summed E-state index contributed by atoms with van der Waals surface area (Å²) in [6.45, 7) is 6.52. The van der Waals surface area contributed by atoms with E-state index in [-0.39, 0.29) is 24.9 Å². The molecule has 3 N–H and O–H groups in total. The van der Waals surface area contributed by atoms with E-state index < -0.39 is 18.2 Å². The zero-order chi connectivity index (χ0) is 50.2. The summed E-state index contributed by atoms with van der Waals surface area (Å²) >= 11 is 0. The van der Waals surface area contributed by atoms with Gasteiger partial charge in [0.1, 0.15) is 6.10 Å². The molecule has 0 saturated heterocycles. The summed E-state index contributed by atoms with van der Waals surface area (Å²) in [5.41, 5.74) is 0. The highest BCUT2D eigenvalue weighted by atomic mass is 16.5. The number of ether oxygens (including phenoxy) is 1. The summed E-state index contributed by atoms with van der Waals surface area (Å²) in [7, 11) is 0. The SMILES string of the molecule is CCCCCCCCC/C=C/C=C/CCCCCCCC(=O)OC(CCCCC/C=C/CCCCCCCCCCC)CC(=O)NC(CO)C(O)CCCCCCCCCCCCCCCCCC. The third-order valence-electron chi connectivity index (χ3n) is 14.2. The van der Waals surface area contributed by atoms with E-state index in [2.05, 4.69) is 62.5 Å². The lowest BCUT2D eigenvalue weighted by molar-refractivity contribution is -0.151. The number of hydrogen-bond acceptors (Lipinski definition) is 5. The Morgan fingerprint density at radius 2 is 0.739 bits per heavy atom. The minimum atomic E-state index is -0.794. The van der Waals surface area contributed by atoms with Crippen molar-refractivity contribution in [1.82, 2.24) is 5.32 Å². The molecule has 3 atom stereocenters. The molecular formula is C63H119NO5. The maximum absolute atomic E-state index is 13.3. The lowest BCUT2D eigenvalue weighted by atomic mass is 10.0. The molecule has 3 unspecified atom stereocenters. The molecule has 0 fully saturated rings. The Morgan fingerprint density at radius 3 is 1.13 bits per heavy atom. The van der Waals surface area contributed by atoms with Gasteiger partial charge in [0.15, 0.2) is 0 Å². The Morgan fingerprint density at radius 1 is 0.420 bits per heavy atom. The van der Waals surface area contributed by atoms with Crippen molar-refractivity contribution < 1.29 is 24.5 Å². The Labute approximate surface area is 430 Å². The number of aliphatic hydroxyl groups excluding tert-OH is 2. The second-order valence-corrected chi connectivity index (χ2v) is 21.1. The van der Waals surface area contributed by atoms with Crippen LogP contribution in [0.15, 0.2) is 36.5 Å². The molecule has 0 saturated carbocycles. The first-order valence-electron chi connectivity index (χ1n) is 30.7. The molecule has 0 aromatic rings. The number of nitrogens with one attached hydrogen (secondary N) is 1. The molecule has 0 aliphatic heterocycles. The number of carbonyl (C=O) groups excluding carboxylic acids is 2. The Hall–Kier alpha value is -1.92. The minimum Gasteiger partial charge on any atom is -0.462 e. The van der Waals surface area contributed by atoms with Crippen LogP contribution in [0.3, 0.4) is 0 Å². The minimum absolute atomic E-state index is 0.0640. The summed E-state index contributed by atoms with van der Waals surface area (Å²) in [5.74, 6) is -0.490. The molecular weight excluding hydrogens is 851 g/mol. The molecule has 0 aromatic carbocycles. The van der Waals surface area contributed by atoms with E-state index in [0.29, 0.717) is 19.3 Å². The van der Waals surface area contributed by atoms with E-state index in [9.17, 15) is 19.8 Å². The van der Waals surface area contributed by atoms with Gasteiger partial charge in [-0.1, -0.05) is 276 Å². The fraction of sp³-hybridized carbons (Fsp3) is 0.873. The molecule has 0 heterocycles. The fourth-order valence-electron chi connectivity index (χ4n) is 9.54. The lowest BCUT2D eigenvalue weighted by Crippen LogP contribution is -2.46. The van der Waals surface area contributed by atoms with Gasteiger partial charge < -0.3 is 20.3 Å². The normalized spacial score (nSPS) is 13.3. The quantitative estimate of drug-likeness (QED) is 0.0244. The van der Waals surface area contributed by atoms with Crippen molar-refractivity contribution >= 4 is 11.9 Å². The second-order valence-electron chi connectivity index (χ2n) is 21.1. The predicted octanol–water partition coefficient (Wildman–Crippen LogP) is 19.2. The van der Waals surface area contributed by atoms with Crippen molar-refractivity contribution in [3.63, 3.8) is 0 Å². The lowest BCUT2D eigenvalue weighted by Gasteiger charge is -2.24. The van der Waals surface area contributed by atoms with Gasteiger partial charge in [-0.15, -0.1) is 0 Å². The van der Waals surface area contributed by atoms with Gasteiger partial charge in [-0.05, 0) is 77.0 Å². The molecule has 6 heteroatoms. The van der Waals surface area contributed by atoms with E-state index in [0.717, 1.165) is 70.6 Å².